The lowest BCUT2D eigenvalue weighted by Crippen LogP contribution is -2.31. The van der Waals surface area contributed by atoms with Crippen LogP contribution >= 0.6 is 0 Å². The molecule has 110 valence electrons. The Hall–Kier alpha value is -1.76. The van der Waals surface area contributed by atoms with E-state index in [2.05, 4.69) is 10.6 Å². The maximum atomic E-state index is 12.4. The molecule has 1 aliphatic rings. The minimum Gasteiger partial charge on any atom is -0.347 e. The number of aromatic nitrogens is 1. The van der Waals surface area contributed by atoms with E-state index >= 15 is 0 Å². The summed E-state index contributed by atoms with van der Waals surface area (Å²) in [6.07, 6.45) is -0.264. The van der Waals surface area contributed by atoms with Crippen LogP contribution in [0.25, 0.3) is 0 Å². The van der Waals surface area contributed by atoms with E-state index in [-0.39, 0.29) is 5.69 Å². The van der Waals surface area contributed by atoms with Gasteiger partial charge in [-0.25, -0.2) is 0 Å². The third kappa shape index (κ3) is 4.12. The zero-order chi connectivity index (χ0) is 14.6. The Morgan fingerprint density at radius 2 is 2.25 bits per heavy atom. The minimum atomic E-state index is -4.34. The molecule has 4 nitrogen and oxygen atoms in total. The molecule has 0 saturated heterocycles. The topological polar surface area (TPSA) is 46.1 Å². The second-order valence-electron chi connectivity index (χ2n) is 4.64. The van der Waals surface area contributed by atoms with Crippen molar-refractivity contribution in [3.05, 3.63) is 35.7 Å². The van der Waals surface area contributed by atoms with E-state index in [0.29, 0.717) is 6.54 Å². The second-order valence-corrected chi connectivity index (χ2v) is 4.64. The number of amides is 1. The maximum Gasteiger partial charge on any atom is 0.406 e. The standard InChI is InChI=1S/C13H16F3N3O/c14-13(15,16)9-19-7-1-2-11(19)12(20)18-8-10-3-5-17-6-4-10/h1-3,7,17H,4-6,8-9H2,(H,18,20). The van der Waals surface area contributed by atoms with Gasteiger partial charge in [-0.05, 0) is 25.1 Å². The molecule has 1 aromatic heterocycles. The quantitative estimate of drug-likeness (QED) is 0.828. The average Bonchev–Trinajstić information content (AvgIpc) is 2.83. The van der Waals surface area contributed by atoms with Crippen molar-refractivity contribution >= 4 is 5.91 Å². The van der Waals surface area contributed by atoms with E-state index in [9.17, 15) is 18.0 Å². The van der Waals surface area contributed by atoms with Crippen molar-refractivity contribution in [2.45, 2.75) is 19.1 Å². The second kappa shape index (κ2) is 6.13. The highest BCUT2D eigenvalue weighted by molar-refractivity contribution is 5.92. The maximum absolute atomic E-state index is 12.4. The SMILES string of the molecule is O=C(NCC1=CCNCC1)c1cccn1CC(F)(F)F. The lowest BCUT2D eigenvalue weighted by atomic mass is 10.1. The lowest BCUT2D eigenvalue weighted by Gasteiger charge is -2.15. The van der Waals surface area contributed by atoms with Gasteiger partial charge in [0, 0.05) is 19.3 Å². The highest BCUT2D eigenvalue weighted by Crippen LogP contribution is 2.19. The van der Waals surface area contributed by atoms with Gasteiger partial charge in [0.25, 0.3) is 5.91 Å². The number of nitrogens with one attached hydrogen (secondary N) is 2. The van der Waals surface area contributed by atoms with E-state index < -0.39 is 18.6 Å². The monoisotopic (exact) mass is 287 g/mol. The van der Waals surface area contributed by atoms with E-state index in [1.54, 1.807) is 0 Å². The summed E-state index contributed by atoms with van der Waals surface area (Å²) < 4.78 is 38.0. The number of carbonyl (C=O) groups is 1. The fourth-order valence-corrected chi connectivity index (χ4v) is 2.07. The van der Waals surface area contributed by atoms with Crippen LogP contribution < -0.4 is 10.6 Å². The number of alkyl halides is 3. The minimum absolute atomic E-state index is 0.0249. The Labute approximate surface area is 114 Å². The van der Waals surface area contributed by atoms with Crippen LogP contribution in [0.15, 0.2) is 30.0 Å². The summed E-state index contributed by atoms with van der Waals surface area (Å²) in [5, 5.41) is 5.80. The van der Waals surface area contributed by atoms with Crippen molar-refractivity contribution in [2.75, 3.05) is 19.6 Å². The van der Waals surface area contributed by atoms with Crippen molar-refractivity contribution in [2.24, 2.45) is 0 Å². The first-order valence-corrected chi connectivity index (χ1v) is 6.34. The van der Waals surface area contributed by atoms with Gasteiger partial charge in [-0.1, -0.05) is 11.6 Å². The molecule has 7 heteroatoms. The van der Waals surface area contributed by atoms with Crippen LogP contribution in [0.4, 0.5) is 13.2 Å². The molecule has 0 aromatic carbocycles. The molecule has 0 fully saturated rings. The number of hydrogen-bond donors (Lipinski definition) is 2. The normalized spacial score (nSPS) is 15.8. The number of nitrogens with zero attached hydrogens (tertiary/aromatic N) is 1. The summed E-state index contributed by atoms with van der Waals surface area (Å²) in [6, 6.07) is 2.82. The summed E-state index contributed by atoms with van der Waals surface area (Å²) in [7, 11) is 0. The third-order valence-electron chi connectivity index (χ3n) is 3.05. The summed E-state index contributed by atoms with van der Waals surface area (Å²) in [5.74, 6) is -0.487. The van der Waals surface area contributed by atoms with E-state index in [0.717, 1.165) is 29.7 Å². The summed E-state index contributed by atoms with van der Waals surface area (Å²) in [5.41, 5.74) is 1.11. The molecule has 2 heterocycles. The van der Waals surface area contributed by atoms with Gasteiger partial charge in [0.2, 0.25) is 0 Å². The Balaban J connectivity index is 1.95. The van der Waals surface area contributed by atoms with Crippen molar-refractivity contribution in [1.29, 1.82) is 0 Å². The smallest absolute Gasteiger partial charge is 0.347 e. The number of halogens is 3. The summed E-state index contributed by atoms with van der Waals surface area (Å²) >= 11 is 0. The predicted octanol–water partition coefficient (Wildman–Crippen LogP) is 1.70. The molecular weight excluding hydrogens is 271 g/mol. The molecule has 2 N–H and O–H groups in total. The first-order chi connectivity index (χ1) is 9.46. The Kier molecular flexibility index (Phi) is 4.49. The molecule has 2 rings (SSSR count). The molecule has 1 amide bonds. The largest absolute Gasteiger partial charge is 0.406 e. The molecule has 1 aromatic rings. The Morgan fingerprint density at radius 1 is 1.45 bits per heavy atom. The molecule has 0 atom stereocenters. The van der Waals surface area contributed by atoms with Gasteiger partial charge in [-0.15, -0.1) is 0 Å². The lowest BCUT2D eigenvalue weighted by molar-refractivity contribution is -0.140. The molecule has 0 radical (unpaired) electrons. The molecular formula is C13H16F3N3O. The van der Waals surface area contributed by atoms with Gasteiger partial charge >= 0.3 is 6.18 Å². The number of carbonyl (C=O) groups excluding carboxylic acids is 1. The van der Waals surface area contributed by atoms with E-state index in [1.165, 1.54) is 18.3 Å². The fraction of sp³-hybridized carbons (Fsp3) is 0.462. The van der Waals surface area contributed by atoms with Crippen molar-refractivity contribution in [3.63, 3.8) is 0 Å². The van der Waals surface area contributed by atoms with Crippen LogP contribution in [0.1, 0.15) is 16.9 Å². The number of hydrogen-bond acceptors (Lipinski definition) is 2. The van der Waals surface area contributed by atoms with Crippen LogP contribution in [0, 0.1) is 0 Å². The van der Waals surface area contributed by atoms with Gasteiger partial charge in [-0.2, -0.15) is 13.2 Å². The highest BCUT2D eigenvalue weighted by Gasteiger charge is 2.29. The molecule has 0 unspecified atom stereocenters. The Morgan fingerprint density at radius 3 is 2.90 bits per heavy atom. The van der Waals surface area contributed by atoms with Crippen LogP contribution in [0.3, 0.4) is 0 Å². The van der Waals surface area contributed by atoms with Gasteiger partial charge in [0.05, 0.1) is 0 Å². The zero-order valence-electron chi connectivity index (χ0n) is 10.8. The zero-order valence-corrected chi connectivity index (χ0v) is 10.8. The van der Waals surface area contributed by atoms with Crippen LogP contribution in [0.2, 0.25) is 0 Å². The summed E-state index contributed by atoms with van der Waals surface area (Å²) in [6.45, 7) is 0.828. The van der Waals surface area contributed by atoms with E-state index in [4.69, 9.17) is 0 Å². The van der Waals surface area contributed by atoms with Crippen LogP contribution in [-0.2, 0) is 6.54 Å². The first-order valence-electron chi connectivity index (χ1n) is 6.34. The molecule has 0 bridgehead atoms. The summed E-state index contributed by atoms with van der Waals surface area (Å²) in [4.78, 5) is 11.9. The van der Waals surface area contributed by atoms with Crippen LogP contribution in [-0.4, -0.2) is 36.3 Å². The molecule has 1 aliphatic heterocycles. The van der Waals surface area contributed by atoms with Gasteiger partial charge < -0.3 is 15.2 Å². The third-order valence-corrected chi connectivity index (χ3v) is 3.05. The van der Waals surface area contributed by atoms with Gasteiger partial charge in [0.15, 0.2) is 0 Å². The molecule has 0 spiro atoms. The molecule has 20 heavy (non-hydrogen) atoms. The van der Waals surface area contributed by atoms with Gasteiger partial charge in [0.1, 0.15) is 12.2 Å². The number of rotatable bonds is 4. The van der Waals surface area contributed by atoms with Crippen LogP contribution in [0.5, 0.6) is 0 Å². The fourth-order valence-electron chi connectivity index (χ4n) is 2.07. The highest BCUT2D eigenvalue weighted by atomic mass is 19.4. The first kappa shape index (κ1) is 14.6. The van der Waals surface area contributed by atoms with Crippen molar-refractivity contribution in [1.82, 2.24) is 15.2 Å². The Bertz CT molecular complexity index is 505. The molecule has 0 aliphatic carbocycles. The van der Waals surface area contributed by atoms with Crippen molar-refractivity contribution < 1.29 is 18.0 Å². The van der Waals surface area contributed by atoms with E-state index in [1.807, 2.05) is 6.08 Å². The average molecular weight is 287 g/mol. The predicted molar refractivity (Wildman–Crippen MR) is 68.4 cm³/mol. The molecule has 0 saturated carbocycles. The van der Waals surface area contributed by atoms with Gasteiger partial charge in [-0.3, -0.25) is 4.79 Å². The van der Waals surface area contributed by atoms with Crippen molar-refractivity contribution in [3.8, 4) is 0 Å².